The second-order valence-corrected chi connectivity index (χ2v) is 5.02. The molecule has 4 nitrogen and oxygen atoms in total. The summed E-state index contributed by atoms with van der Waals surface area (Å²) in [4.78, 5) is 12.3. The van der Waals surface area contributed by atoms with E-state index in [1.165, 1.54) is 6.42 Å². The summed E-state index contributed by atoms with van der Waals surface area (Å²) in [6, 6.07) is 0. The molecule has 94 valence electrons. The second-order valence-electron chi connectivity index (χ2n) is 5.02. The average molecular weight is 235 g/mol. The van der Waals surface area contributed by atoms with Crippen molar-refractivity contribution in [1.29, 1.82) is 0 Å². The number of carbonyl (C=O) groups is 1. The second kappa shape index (κ2) is 5.00. The number of aromatic nitrogens is 2. The van der Waals surface area contributed by atoms with E-state index < -0.39 is 0 Å². The zero-order valence-electron chi connectivity index (χ0n) is 10.7. The number of hydrogen-bond acceptors (Lipinski definition) is 3. The van der Waals surface area contributed by atoms with E-state index in [1.807, 2.05) is 24.7 Å². The van der Waals surface area contributed by atoms with Crippen LogP contribution in [0.2, 0.25) is 0 Å². The molecule has 17 heavy (non-hydrogen) atoms. The van der Waals surface area contributed by atoms with Crippen LogP contribution in [0.15, 0.2) is 12.4 Å². The fourth-order valence-corrected chi connectivity index (χ4v) is 2.35. The van der Waals surface area contributed by atoms with Crippen LogP contribution in [0.4, 0.5) is 0 Å². The molecule has 1 aromatic rings. The molecule has 2 heterocycles. The molecule has 0 bridgehead atoms. The Morgan fingerprint density at radius 3 is 3.00 bits per heavy atom. The molecule has 1 fully saturated rings. The monoisotopic (exact) mass is 235 g/mol. The molecule has 0 saturated carbocycles. The van der Waals surface area contributed by atoms with Gasteiger partial charge in [-0.1, -0.05) is 0 Å². The number of rotatable bonds is 4. The summed E-state index contributed by atoms with van der Waals surface area (Å²) >= 11 is 0. The lowest BCUT2D eigenvalue weighted by Crippen LogP contribution is -2.52. The lowest BCUT2D eigenvalue weighted by molar-refractivity contribution is -0.125. The molecule has 1 aliphatic rings. The minimum absolute atomic E-state index is 0.285. The van der Waals surface area contributed by atoms with Crippen molar-refractivity contribution in [2.24, 2.45) is 0 Å². The fourth-order valence-electron chi connectivity index (χ4n) is 2.35. The number of nitrogens with zero attached hydrogens (tertiary/aromatic N) is 2. The van der Waals surface area contributed by atoms with Crippen LogP contribution in [0.3, 0.4) is 0 Å². The molecule has 2 rings (SSSR count). The summed E-state index contributed by atoms with van der Waals surface area (Å²) in [6.07, 6.45) is 7.52. The van der Waals surface area contributed by atoms with E-state index in [-0.39, 0.29) is 11.3 Å². The maximum absolute atomic E-state index is 12.3. The van der Waals surface area contributed by atoms with E-state index in [4.69, 9.17) is 0 Å². The predicted octanol–water partition coefficient (Wildman–Crippen LogP) is 1.55. The fraction of sp³-hybridized carbons (Fsp3) is 0.692. The molecule has 1 unspecified atom stereocenters. The lowest BCUT2D eigenvalue weighted by Gasteiger charge is -2.33. The number of hydrogen-bond donors (Lipinski definition) is 1. The zero-order valence-corrected chi connectivity index (χ0v) is 10.7. The molecule has 0 radical (unpaired) electrons. The van der Waals surface area contributed by atoms with Crippen LogP contribution >= 0.6 is 0 Å². The number of nitrogens with one attached hydrogen (secondary N) is 1. The molecular formula is C13H21N3O. The van der Waals surface area contributed by atoms with Crippen molar-refractivity contribution in [3.8, 4) is 0 Å². The molecule has 0 spiro atoms. The van der Waals surface area contributed by atoms with Gasteiger partial charge in [0.15, 0.2) is 5.78 Å². The van der Waals surface area contributed by atoms with Gasteiger partial charge in [-0.25, -0.2) is 0 Å². The van der Waals surface area contributed by atoms with E-state index in [9.17, 15) is 4.79 Å². The van der Waals surface area contributed by atoms with Crippen molar-refractivity contribution in [3.63, 3.8) is 0 Å². The summed E-state index contributed by atoms with van der Waals surface area (Å²) in [6.45, 7) is 5.88. The van der Waals surface area contributed by atoms with Crippen molar-refractivity contribution in [2.45, 2.75) is 51.6 Å². The normalized spacial score (nSPS) is 24.8. The van der Waals surface area contributed by atoms with Gasteiger partial charge in [0.05, 0.1) is 11.7 Å². The third-order valence-electron chi connectivity index (χ3n) is 3.61. The predicted molar refractivity (Wildman–Crippen MR) is 66.9 cm³/mol. The Hall–Kier alpha value is -1.16. The topological polar surface area (TPSA) is 46.9 Å². The number of carbonyl (C=O) groups excluding carboxylic acids is 1. The summed E-state index contributed by atoms with van der Waals surface area (Å²) in [5, 5.41) is 7.56. The first-order chi connectivity index (χ1) is 8.14. The average Bonchev–Trinajstić information content (AvgIpc) is 2.78. The number of aryl methyl sites for hydroxylation is 1. The molecule has 1 N–H and O–H groups in total. The molecule has 1 aromatic heterocycles. The van der Waals surface area contributed by atoms with Crippen LogP contribution < -0.4 is 5.32 Å². The maximum Gasteiger partial charge on any atom is 0.157 e. The standard InChI is InChI=1S/C13H21N3O/c1-3-16-10-11(9-15-16)8-12(17)13(2)6-4-5-7-14-13/h9-10,14H,3-8H2,1-2H3. The SMILES string of the molecule is CCn1cc(CC(=O)C2(C)CCCCN2)cn1. The molecule has 1 aliphatic heterocycles. The Morgan fingerprint density at radius 2 is 2.41 bits per heavy atom. The van der Waals surface area contributed by atoms with E-state index in [0.717, 1.165) is 31.5 Å². The molecule has 1 atom stereocenters. The number of ketones is 1. The van der Waals surface area contributed by atoms with Gasteiger partial charge in [0.25, 0.3) is 0 Å². The van der Waals surface area contributed by atoms with Crippen LogP contribution in [0.5, 0.6) is 0 Å². The van der Waals surface area contributed by atoms with Crippen molar-refractivity contribution in [3.05, 3.63) is 18.0 Å². The maximum atomic E-state index is 12.3. The highest BCUT2D eigenvalue weighted by Gasteiger charge is 2.33. The molecule has 4 heteroatoms. The van der Waals surface area contributed by atoms with E-state index >= 15 is 0 Å². The summed E-state index contributed by atoms with van der Waals surface area (Å²) in [5.74, 6) is 0.285. The minimum Gasteiger partial charge on any atom is -0.305 e. The Labute approximate surface area is 102 Å². The van der Waals surface area contributed by atoms with Gasteiger partial charge < -0.3 is 5.32 Å². The van der Waals surface area contributed by atoms with Gasteiger partial charge in [0.2, 0.25) is 0 Å². The van der Waals surface area contributed by atoms with Gasteiger partial charge in [-0.05, 0) is 45.2 Å². The van der Waals surface area contributed by atoms with Gasteiger partial charge >= 0.3 is 0 Å². The number of Topliss-reactive ketones (excluding diaryl/α,β-unsaturated/α-hetero) is 1. The van der Waals surface area contributed by atoms with Crippen LogP contribution in [0, 0.1) is 0 Å². The van der Waals surface area contributed by atoms with Crippen LogP contribution in [0.1, 0.15) is 38.7 Å². The highest BCUT2D eigenvalue weighted by Crippen LogP contribution is 2.21. The highest BCUT2D eigenvalue weighted by molar-refractivity contribution is 5.89. The summed E-state index contributed by atoms with van der Waals surface area (Å²) < 4.78 is 1.86. The van der Waals surface area contributed by atoms with E-state index in [0.29, 0.717) is 6.42 Å². The van der Waals surface area contributed by atoms with Gasteiger partial charge in [0.1, 0.15) is 0 Å². The summed E-state index contributed by atoms with van der Waals surface area (Å²) in [7, 11) is 0. The lowest BCUT2D eigenvalue weighted by atomic mass is 9.84. The Kier molecular flexibility index (Phi) is 3.62. The number of piperidine rings is 1. The zero-order chi connectivity index (χ0) is 12.3. The van der Waals surface area contributed by atoms with Crippen LogP contribution in [-0.4, -0.2) is 27.6 Å². The highest BCUT2D eigenvalue weighted by atomic mass is 16.1. The molecule has 0 amide bonds. The van der Waals surface area contributed by atoms with Gasteiger partial charge in [-0.2, -0.15) is 5.10 Å². The third kappa shape index (κ3) is 2.75. The van der Waals surface area contributed by atoms with E-state index in [1.54, 1.807) is 6.20 Å². The largest absolute Gasteiger partial charge is 0.305 e. The molecule has 0 aromatic carbocycles. The van der Waals surface area contributed by atoms with Crippen molar-refractivity contribution < 1.29 is 4.79 Å². The smallest absolute Gasteiger partial charge is 0.157 e. The summed E-state index contributed by atoms with van der Waals surface area (Å²) in [5.41, 5.74) is 0.692. The Morgan fingerprint density at radius 1 is 1.59 bits per heavy atom. The van der Waals surface area contributed by atoms with Gasteiger partial charge in [-0.15, -0.1) is 0 Å². The van der Waals surface area contributed by atoms with Crippen LogP contribution in [-0.2, 0) is 17.8 Å². The quantitative estimate of drug-likeness (QED) is 0.861. The van der Waals surface area contributed by atoms with Crippen molar-refractivity contribution in [1.82, 2.24) is 15.1 Å². The molecule has 0 aliphatic carbocycles. The first-order valence-electron chi connectivity index (χ1n) is 6.44. The Bertz CT molecular complexity index is 391. The van der Waals surface area contributed by atoms with Crippen LogP contribution in [0.25, 0.3) is 0 Å². The van der Waals surface area contributed by atoms with Gasteiger partial charge in [0, 0.05) is 19.2 Å². The first-order valence-corrected chi connectivity index (χ1v) is 6.44. The molecular weight excluding hydrogens is 214 g/mol. The van der Waals surface area contributed by atoms with Crippen molar-refractivity contribution in [2.75, 3.05) is 6.54 Å². The minimum atomic E-state index is -0.327. The van der Waals surface area contributed by atoms with Crippen molar-refractivity contribution >= 4 is 5.78 Å². The van der Waals surface area contributed by atoms with Gasteiger partial charge in [-0.3, -0.25) is 9.48 Å². The Balaban J connectivity index is 2.00. The van der Waals surface area contributed by atoms with E-state index in [2.05, 4.69) is 10.4 Å². The molecule has 1 saturated heterocycles. The third-order valence-corrected chi connectivity index (χ3v) is 3.61. The first kappa shape index (κ1) is 12.3.